The van der Waals surface area contributed by atoms with Crippen molar-refractivity contribution >= 4 is 21.6 Å². The number of hydrogen-bond acceptors (Lipinski definition) is 2. The minimum atomic E-state index is -0.127. The maximum Gasteiger partial charge on any atom is 0.147 e. The fourth-order valence-electron chi connectivity index (χ4n) is 3.35. The Morgan fingerprint density at radius 3 is 2.80 bits per heavy atom. The van der Waals surface area contributed by atoms with E-state index >= 15 is 0 Å². The van der Waals surface area contributed by atoms with E-state index in [-0.39, 0.29) is 11.4 Å². The smallest absolute Gasteiger partial charge is 0.147 e. The third kappa shape index (κ3) is 2.60. The van der Waals surface area contributed by atoms with E-state index in [4.69, 9.17) is 0 Å². The minimum absolute atomic E-state index is 0.127. The van der Waals surface area contributed by atoms with Gasteiger partial charge in [-0.1, -0.05) is 22.9 Å². The SMILES string of the molecule is CCC1CNC(C)(C2CC2)CN1c1ccc(Br)cc1F. The molecule has 0 spiro atoms. The lowest BCUT2D eigenvalue weighted by molar-refractivity contribution is 0.251. The second-order valence-corrected chi connectivity index (χ2v) is 7.27. The lowest BCUT2D eigenvalue weighted by Gasteiger charge is -2.47. The summed E-state index contributed by atoms with van der Waals surface area (Å²) < 4.78 is 15.1. The Kier molecular flexibility index (Phi) is 3.80. The zero-order chi connectivity index (χ0) is 14.3. The first-order valence-corrected chi connectivity index (χ1v) is 8.29. The van der Waals surface area contributed by atoms with Gasteiger partial charge in [-0.2, -0.15) is 0 Å². The zero-order valence-electron chi connectivity index (χ0n) is 12.1. The van der Waals surface area contributed by atoms with Crippen molar-refractivity contribution in [2.75, 3.05) is 18.0 Å². The normalized spacial score (nSPS) is 30.6. The lowest BCUT2D eigenvalue weighted by Crippen LogP contribution is -2.64. The second kappa shape index (κ2) is 5.30. The van der Waals surface area contributed by atoms with Gasteiger partial charge >= 0.3 is 0 Å². The molecule has 1 saturated heterocycles. The predicted octanol–water partition coefficient (Wildman–Crippen LogP) is 3.95. The standard InChI is InChI=1S/C16H22BrFN2/c1-3-13-9-19-16(2,11-4-5-11)10-20(13)15-7-6-12(17)8-14(15)18/h6-8,11,13,19H,3-5,9-10H2,1-2H3. The molecule has 1 N–H and O–H groups in total. The van der Waals surface area contributed by atoms with Crippen molar-refractivity contribution < 1.29 is 4.39 Å². The Labute approximate surface area is 128 Å². The maximum absolute atomic E-state index is 14.3. The molecule has 1 aliphatic heterocycles. The molecule has 0 bridgehead atoms. The molecule has 1 aliphatic carbocycles. The molecule has 2 unspecified atom stereocenters. The van der Waals surface area contributed by atoms with Gasteiger partial charge in [-0.05, 0) is 50.3 Å². The highest BCUT2D eigenvalue weighted by atomic mass is 79.9. The van der Waals surface area contributed by atoms with Gasteiger partial charge in [0.25, 0.3) is 0 Å². The summed E-state index contributed by atoms with van der Waals surface area (Å²) in [5.74, 6) is 0.624. The topological polar surface area (TPSA) is 15.3 Å². The summed E-state index contributed by atoms with van der Waals surface area (Å²) in [6, 6.07) is 5.78. The molecule has 0 radical (unpaired) electrons. The van der Waals surface area contributed by atoms with Gasteiger partial charge in [0.05, 0.1) is 5.69 Å². The van der Waals surface area contributed by atoms with Crippen molar-refractivity contribution in [2.45, 2.75) is 44.7 Å². The van der Waals surface area contributed by atoms with E-state index in [1.54, 1.807) is 6.07 Å². The number of nitrogens with one attached hydrogen (secondary N) is 1. The molecule has 1 aromatic rings. The highest BCUT2D eigenvalue weighted by molar-refractivity contribution is 9.10. The number of hydrogen-bond donors (Lipinski definition) is 1. The van der Waals surface area contributed by atoms with Crippen LogP contribution < -0.4 is 10.2 Å². The summed E-state index contributed by atoms with van der Waals surface area (Å²) in [5, 5.41) is 3.72. The van der Waals surface area contributed by atoms with E-state index in [2.05, 4.69) is 40.0 Å². The van der Waals surface area contributed by atoms with Crippen LogP contribution in [0.2, 0.25) is 0 Å². The average molecular weight is 341 g/mol. The molecule has 2 atom stereocenters. The number of rotatable bonds is 3. The molecule has 2 fully saturated rings. The predicted molar refractivity (Wildman–Crippen MR) is 84.7 cm³/mol. The van der Waals surface area contributed by atoms with Gasteiger partial charge < -0.3 is 10.2 Å². The Balaban J connectivity index is 1.90. The molecule has 2 nitrogen and oxygen atoms in total. The van der Waals surface area contributed by atoms with Crippen molar-refractivity contribution in [1.29, 1.82) is 0 Å². The molecule has 4 heteroatoms. The van der Waals surface area contributed by atoms with E-state index in [0.29, 0.717) is 6.04 Å². The number of nitrogens with zero attached hydrogens (tertiary/aromatic N) is 1. The van der Waals surface area contributed by atoms with E-state index in [1.165, 1.54) is 12.8 Å². The highest BCUT2D eigenvalue weighted by Crippen LogP contribution is 2.42. The number of halogens is 2. The van der Waals surface area contributed by atoms with Crippen LogP contribution in [0.15, 0.2) is 22.7 Å². The van der Waals surface area contributed by atoms with E-state index in [1.807, 2.05) is 12.1 Å². The zero-order valence-corrected chi connectivity index (χ0v) is 13.7. The van der Waals surface area contributed by atoms with E-state index in [9.17, 15) is 4.39 Å². The van der Waals surface area contributed by atoms with Gasteiger partial charge in [0.15, 0.2) is 0 Å². The fraction of sp³-hybridized carbons (Fsp3) is 0.625. The highest BCUT2D eigenvalue weighted by Gasteiger charge is 2.46. The Morgan fingerprint density at radius 1 is 1.45 bits per heavy atom. The summed E-state index contributed by atoms with van der Waals surface area (Å²) >= 11 is 3.34. The van der Waals surface area contributed by atoms with Gasteiger partial charge in [-0.15, -0.1) is 0 Å². The van der Waals surface area contributed by atoms with Gasteiger partial charge in [-0.25, -0.2) is 4.39 Å². The first-order chi connectivity index (χ1) is 9.53. The van der Waals surface area contributed by atoms with Crippen molar-refractivity contribution in [2.24, 2.45) is 5.92 Å². The average Bonchev–Trinajstić information content (AvgIpc) is 3.23. The molecule has 1 saturated carbocycles. The van der Waals surface area contributed by atoms with Crippen LogP contribution in [0, 0.1) is 11.7 Å². The minimum Gasteiger partial charge on any atom is -0.363 e. The molecule has 0 aromatic heterocycles. The van der Waals surface area contributed by atoms with Crippen LogP contribution in [-0.4, -0.2) is 24.7 Å². The molecule has 2 aliphatic rings. The third-order valence-electron chi connectivity index (χ3n) is 4.85. The summed E-state index contributed by atoms with van der Waals surface area (Å²) in [6.45, 7) is 6.31. The third-order valence-corrected chi connectivity index (χ3v) is 5.34. The second-order valence-electron chi connectivity index (χ2n) is 6.36. The Hall–Kier alpha value is -0.610. The van der Waals surface area contributed by atoms with Gasteiger partial charge in [-0.3, -0.25) is 0 Å². The monoisotopic (exact) mass is 340 g/mol. The lowest BCUT2D eigenvalue weighted by atomic mass is 9.90. The van der Waals surface area contributed by atoms with E-state index < -0.39 is 0 Å². The summed E-state index contributed by atoms with van der Waals surface area (Å²) in [7, 11) is 0. The first-order valence-electron chi connectivity index (χ1n) is 7.50. The summed E-state index contributed by atoms with van der Waals surface area (Å²) in [6.07, 6.45) is 3.64. The van der Waals surface area contributed by atoms with Crippen LogP contribution in [0.4, 0.5) is 10.1 Å². The molecule has 20 heavy (non-hydrogen) atoms. The summed E-state index contributed by atoms with van der Waals surface area (Å²) in [5.41, 5.74) is 0.874. The van der Waals surface area contributed by atoms with Gasteiger partial charge in [0.2, 0.25) is 0 Å². The van der Waals surface area contributed by atoms with Crippen molar-refractivity contribution in [3.63, 3.8) is 0 Å². The molecular formula is C16H22BrFN2. The summed E-state index contributed by atoms with van der Waals surface area (Å²) in [4.78, 5) is 2.27. The van der Waals surface area contributed by atoms with E-state index in [0.717, 1.165) is 35.6 Å². The van der Waals surface area contributed by atoms with Crippen LogP contribution in [0.5, 0.6) is 0 Å². The molecule has 1 heterocycles. The Morgan fingerprint density at radius 2 is 2.20 bits per heavy atom. The molecule has 1 aromatic carbocycles. The van der Waals surface area contributed by atoms with Crippen LogP contribution >= 0.6 is 15.9 Å². The first kappa shape index (κ1) is 14.3. The van der Waals surface area contributed by atoms with Crippen molar-refractivity contribution in [3.8, 4) is 0 Å². The number of benzene rings is 1. The van der Waals surface area contributed by atoms with Crippen molar-refractivity contribution in [1.82, 2.24) is 5.32 Å². The fourth-order valence-corrected chi connectivity index (χ4v) is 3.69. The van der Waals surface area contributed by atoms with Crippen LogP contribution in [-0.2, 0) is 0 Å². The molecule has 0 amide bonds. The molecule has 3 rings (SSSR count). The molecule has 110 valence electrons. The van der Waals surface area contributed by atoms with Crippen LogP contribution in [0.25, 0.3) is 0 Å². The number of anilines is 1. The molecular weight excluding hydrogens is 319 g/mol. The number of piperazine rings is 1. The van der Waals surface area contributed by atoms with Gasteiger partial charge in [0.1, 0.15) is 5.82 Å². The maximum atomic E-state index is 14.3. The van der Waals surface area contributed by atoms with Crippen LogP contribution in [0.1, 0.15) is 33.1 Å². The van der Waals surface area contributed by atoms with Gasteiger partial charge in [0, 0.05) is 29.1 Å². The van der Waals surface area contributed by atoms with Crippen LogP contribution in [0.3, 0.4) is 0 Å². The van der Waals surface area contributed by atoms with Crippen molar-refractivity contribution in [3.05, 3.63) is 28.5 Å². The quantitative estimate of drug-likeness (QED) is 0.896. The largest absolute Gasteiger partial charge is 0.363 e. The Bertz CT molecular complexity index is 503.